The van der Waals surface area contributed by atoms with Crippen molar-refractivity contribution < 1.29 is 13.9 Å². The number of nitrogens with zero attached hydrogens (tertiary/aromatic N) is 2. The van der Waals surface area contributed by atoms with E-state index < -0.39 is 11.5 Å². The number of hydrogen-bond acceptors (Lipinski definition) is 5. The minimum atomic E-state index is -1.03. The lowest BCUT2D eigenvalue weighted by atomic mass is 9.82. The highest BCUT2D eigenvalue weighted by molar-refractivity contribution is 6.03. The maximum atomic E-state index is 13.4. The van der Waals surface area contributed by atoms with Crippen molar-refractivity contribution in [3.05, 3.63) is 77.0 Å². The summed E-state index contributed by atoms with van der Waals surface area (Å²) in [5.74, 6) is -0.255. The summed E-state index contributed by atoms with van der Waals surface area (Å²) < 4.78 is 18.6. The Kier molecular flexibility index (Phi) is 4.84. The summed E-state index contributed by atoms with van der Waals surface area (Å²) >= 11 is 0. The van der Waals surface area contributed by atoms with E-state index in [-0.39, 0.29) is 12.4 Å². The number of aromatic nitrogens is 1. The van der Waals surface area contributed by atoms with E-state index >= 15 is 0 Å². The summed E-state index contributed by atoms with van der Waals surface area (Å²) in [5, 5.41) is 3.15. The van der Waals surface area contributed by atoms with Crippen molar-refractivity contribution in [2.45, 2.75) is 26.3 Å². The van der Waals surface area contributed by atoms with Crippen LogP contribution in [0.15, 0.2) is 64.9 Å². The van der Waals surface area contributed by atoms with E-state index in [1.807, 2.05) is 25.1 Å². The molecule has 134 valence electrons. The molecule has 0 saturated carbocycles. The van der Waals surface area contributed by atoms with Crippen LogP contribution < -0.4 is 5.32 Å². The Hall–Kier alpha value is -3.02. The molecule has 0 aliphatic carbocycles. The van der Waals surface area contributed by atoms with Crippen LogP contribution in [0.3, 0.4) is 0 Å². The molecule has 1 aromatic carbocycles. The maximum absolute atomic E-state index is 13.4. The van der Waals surface area contributed by atoms with Crippen LogP contribution in [0.25, 0.3) is 0 Å². The molecule has 5 nitrogen and oxygen atoms in total. The van der Waals surface area contributed by atoms with Gasteiger partial charge < -0.3 is 10.1 Å². The van der Waals surface area contributed by atoms with Gasteiger partial charge in [-0.2, -0.15) is 0 Å². The zero-order valence-electron chi connectivity index (χ0n) is 14.9. The Morgan fingerprint density at radius 3 is 2.58 bits per heavy atom. The second-order valence-electron chi connectivity index (χ2n) is 6.10. The molecule has 1 atom stereocenters. The van der Waals surface area contributed by atoms with Crippen LogP contribution in [0.1, 0.15) is 32.0 Å². The topological polar surface area (TPSA) is 63.6 Å². The Balaban J connectivity index is 2.16. The molecule has 1 aliphatic rings. The molecule has 0 amide bonds. The van der Waals surface area contributed by atoms with Gasteiger partial charge in [-0.25, -0.2) is 14.2 Å². The quantitative estimate of drug-likeness (QED) is 0.857. The molecular formula is C20H20FN3O2. The number of allylic oxidation sites excluding steroid dienone is 1. The maximum Gasteiger partial charge on any atom is 0.338 e. The predicted molar refractivity (Wildman–Crippen MR) is 97.0 cm³/mol. The molecular weight excluding hydrogens is 333 g/mol. The largest absolute Gasteiger partial charge is 0.463 e. The Morgan fingerprint density at radius 1 is 1.23 bits per heavy atom. The summed E-state index contributed by atoms with van der Waals surface area (Å²) in [5.41, 5.74) is 1.35. The second kappa shape index (κ2) is 7.07. The summed E-state index contributed by atoms with van der Waals surface area (Å²) in [6.07, 6.45) is 1.68. The number of rotatable bonds is 4. The van der Waals surface area contributed by atoms with Crippen LogP contribution in [0.5, 0.6) is 0 Å². The summed E-state index contributed by atoms with van der Waals surface area (Å²) in [7, 11) is 0. The summed E-state index contributed by atoms with van der Waals surface area (Å²) in [6.45, 7) is 5.62. The van der Waals surface area contributed by atoms with Crippen LogP contribution >= 0.6 is 0 Å². The smallest absolute Gasteiger partial charge is 0.338 e. The molecule has 0 fully saturated rings. The van der Waals surface area contributed by atoms with Gasteiger partial charge in [0, 0.05) is 11.9 Å². The van der Waals surface area contributed by atoms with E-state index in [9.17, 15) is 9.18 Å². The van der Waals surface area contributed by atoms with Gasteiger partial charge in [0.05, 0.1) is 12.2 Å². The third-order valence-electron chi connectivity index (χ3n) is 4.30. The van der Waals surface area contributed by atoms with Gasteiger partial charge in [-0.1, -0.05) is 18.2 Å². The normalized spacial score (nSPS) is 19.6. The van der Waals surface area contributed by atoms with E-state index in [0.29, 0.717) is 28.4 Å². The number of halogens is 1. The first-order valence-electron chi connectivity index (χ1n) is 8.38. The zero-order valence-corrected chi connectivity index (χ0v) is 14.9. The van der Waals surface area contributed by atoms with Gasteiger partial charge in [0.15, 0.2) is 5.84 Å². The van der Waals surface area contributed by atoms with Crippen LogP contribution in [-0.4, -0.2) is 23.4 Å². The number of pyridine rings is 1. The molecule has 1 unspecified atom stereocenters. The van der Waals surface area contributed by atoms with E-state index in [2.05, 4.69) is 10.3 Å². The van der Waals surface area contributed by atoms with Crippen LogP contribution in [0.4, 0.5) is 4.39 Å². The van der Waals surface area contributed by atoms with Crippen LogP contribution in [0, 0.1) is 5.82 Å². The molecule has 1 aliphatic heterocycles. The number of ether oxygens (including phenoxy) is 1. The fourth-order valence-corrected chi connectivity index (χ4v) is 3.08. The molecule has 0 radical (unpaired) electrons. The fourth-order valence-electron chi connectivity index (χ4n) is 3.08. The van der Waals surface area contributed by atoms with Crippen LogP contribution in [0.2, 0.25) is 0 Å². The third kappa shape index (κ3) is 3.22. The van der Waals surface area contributed by atoms with Gasteiger partial charge in [-0.3, -0.25) is 4.98 Å². The van der Waals surface area contributed by atoms with Gasteiger partial charge in [0.2, 0.25) is 0 Å². The first kappa shape index (κ1) is 17.8. The van der Waals surface area contributed by atoms with Gasteiger partial charge in [-0.15, -0.1) is 0 Å². The standard InChI is InChI=1S/C20H20FN3O2/c1-4-26-19(25)17-13(2)23-18(16-7-5-6-12-22-16)24-20(17,3)14-8-10-15(21)11-9-14/h5-12H,4H2,1-3H3,(H,23,24). The highest BCUT2D eigenvalue weighted by atomic mass is 19.1. The SMILES string of the molecule is CCOC(=O)C1=C(C)NC(c2ccccn2)=NC1(C)c1ccc(F)cc1. The summed E-state index contributed by atoms with van der Waals surface area (Å²) in [4.78, 5) is 21.7. The first-order chi connectivity index (χ1) is 12.5. The first-order valence-corrected chi connectivity index (χ1v) is 8.38. The molecule has 3 rings (SSSR count). The van der Waals surface area contributed by atoms with Crippen LogP contribution in [-0.2, 0) is 15.1 Å². The number of nitrogens with one attached hydrogen (secondary N) is 1. The minimum absolute atomic E-state index is 0.256. The average molecular weight is 353 g/mol. The molecule has 1 N–H and O–H groups in total. The van der Waals surface area contributed by atoms with Crippen molar-refractivity contribution >= 4 is 11.8 Å². The van der Waals surface area contributed by atoms with E-state index in [4.69, 9.17) is 9.73 Å². The fraction of sp³-hybridized carbons (Fsp3) is 0.250. The Morgan fingerprint density at radius 2 is 1.96 bits per heavy atom. The van der Waals surface area contributed by atoms with E-state index in [0.717, 1.165) is 0 Å². The lowest BCUT2D eigenvalue weighted by Gasteiger charge is -2.34. The van der Waals surface area contributed by atoms with Crippen molar-refractivity contribution in [1.82, 2.24) is 10.3 Å². The van der Waals surface area contributed by atoms with Gasteiger partial charge in [0.1, 0.15) is 17.1 Å². The van der Waals surface area contributed by atoms with Gasteiger partial charge >= 0.3 is 5.97 Å². The zero-order chi connectivity index (χ0) is 18.7. The average Bonchev–Trinajstić information content (AvgIpc) is 2.62. The predicted octanol–water partition coefficient (Wildman–Crippen LogP) is 3.32. The number of benzene rings is 1. The number of aliphatic imine (C=N–C) groups is 1. The molecule has 0 spiro atoms. The van der Waals surface area contributed by atoms with E-state index in [1.54, 1.807) is 32.2 Å². The molecule has 0 bridgehead atoms. The lowest BCUT2D eigenvalue weighted by Crippen LogP contribution is -2.41. The van der Waals surface area contributed by atoms with Crippen molar-refractivity contribution in [3.63, 3.8) is 0 Å². The number of carbonyl (C=O) groups excluding carboxylic acids is 1. The number of carbonyl (C=O) groups is 1. The van der Waals surface area contributed by atoms with E-state index in [1.165, 1.54) is 12.1 Å². The monoisotopic (exact) mass is 353 g/mol. The van der Waals surface area contributed by atoms with Gasteiger partial charge in [-0.05, 0) is 50.6 Å². The molecule has 2 aromatic rings. The highest BCUT2D eigenvalue weighted by Gasteiger charge is 2.41. The molecule has 26 heavy (non-hydrogen) atoms. The lowest BCUT2D eigenvalue weighted by molar-refractivity contribution is -0.139. The number of hydrogen-bond donors (Lipinski definition) is 1. The number of esters is 1. The molecule has 2 heterocycles. The summed E-state index contributed by atoms with van der Waals surface area (Å²) in [6, 6.07) is 11.5. The Labute approximate surface area is 151 Å². The molecule has 0 saturated heterocycles. The van der Waals surface area contributed by atoms with Crippen molar-refractivity contribution in [2.75, 3.05) is 6.61 Å². The number of amidine groups is 1. The van der Waals surface area contributed by atoms with Crippen molar-refractivity contribution in [1.29, 1.82) is 0 Å². The highest BCUT2D eigenvalue weighted by Crippen LogP contribution is 2.38. The molecule has 6 heteroatoms. The van der Waals surface area contributed by atoms with Crippen molar-refractivity contribution in [2.24, 2.45) is 4.99 Å². The Bertz CT molecular complexity index is 876. The minimum Gasteiger partial charge on any atom is -0.463 e. The molecule has 1 aromatic heterocycles. The second-order valence-corrected chi connectivity index (χ2v) is 6.10. The van der Waals surface area contributed by atoms with Gasteiger partial charge in [0.25, 0.3) is 0 Å². The van der Waals surface area contributed by atoms with Crippen molar-refractivity contribution in [3.8, 4) is 0 Å². The third-order valence-corrected chi connectivity index (χ3v) is 4.30.